The van der Waals surface area contributed by atoms with Crippen LogP contribution in [0.4, 0.5) is 16.2 Å². The Bertz CT molecular complexity index is 1620. The van der Waals surface area contributed by atoms with Crippen molar-refractivity contribution in [1.82, 2.24) is 30.2 Å². The van der Waals surface area contributed by atoms with E-state index in [0.717, 1.165) is 74.2 Å². The molecule has 0 spiro atoms. The number of fused-ring (bicyclic) bond motifs is 2. The number of nitrogens with one attached hydrogen (secondary N) is 1. The zero-order chi connectivity index (χ0) is 32.1. The van der Waals surface area contributed by atoms with E-state index in [1.54, 1.807) is 4.90 Å². The predicted octanol–water partition coefficient (Wildman–Crippen LogP) is 7.13. The molecule has 0 saturated carbocycles. The predicted molar refractivity (Wildman–Crippen MR) is 205 cm³/mol. The number of nitrogens with zero attached hydrogens (tertiary/aromatic N) is 7. The maximum absolute atomic E-state index is 12.3. The van der Waals surface area contributed by atoms with Crippen molar-refractivity contribution >= 4 is 84.7 Å². The molecule has 0 atom stereocenters. The van der Waals surface area contributed by atoms with Crippen LogP contribution >= 0.6 is 45.2 Å². The van der Waals surface area contributed by atoms with Crippen LogP contribution in [0.15, 0.2) is 48.8 Å². The molecule has 0 radical (unpaired) electrons. The summed E-state index contributed by atoms with van der Waals surface area (Å²) in [5.74, 6) is 0. The standard InChI is InChI=1S/C19H25IN4O2.C14H17IN4.CH4/c1-19(2,3)26-18(25)23(4)13-7-9-24(10-8-13)14-11-16-15(21-12-14)5-6-17(20)22-16;1-16-10-4-6-19(7-5-10)11-8-13-12(17-9-11)2-3-14(15)18-13;/h5-6,11-13H,7-10H2,1-4H3;2-3,8-10,16H,4-7H2,1H3;1H4. The van der Waals surface area contributed by atoms with Gasteiger partial charge in [0.25, 0.3) is 0 Å². The summed E-state index contributed by atoms with van der Waals surface area (Å²) in [5.41, 5.74) is 5.60. The van der Waals surface area contributed by atoms with Gasteiger partial charge in [0, 0.05) is 45.3 Å². The van der Waals surface area contributed by atoms with Crippen LogP contribution in [0.3, 0.4) is 0 Å². The maximum atomic E-state index is 12.3. The highest BCUT2D eigenvalue weighted by Crippen LogP contribution is 2.26. The van der Waals surface area contributed by atoms with Gasteiger partial charge in [0.1, 0.15) is 13.0 Å². The van der Waals surface area contributed by atoms with Crippen molar-refractivity contribution in [2.45, 2.75) is 71.6 Å². The number of hydrogen-bond acceptors (Lipinski definition) is 9. The second-order valence-corrected chi connectivity index (χ2v) is 14.8. The first-order valence-corrected chi connectivity index (χ1v) is 17.6. The minimum atomic E-state index is -0.465. The molecule has 0 unspecified atom stereocenters. The van der Waals surface area contributed by atoms with Crippen LogP contribution < -0.4 is 15.1 Å². The molecular formula is C34H46I2N8O2. The smallest absolute Gasteiger partial charge is 0.410 e. The van der Waals surface area contributed by atoms with Crippen LogP contribution in [0.2, 0.25) is 0 Å². The Morgan fingerprint density at radius 3 is 1.72 bits per heavy atom. The number of pyridine rings is 4. The van der Waals surface area contributed by atoms with Gasteiger partial charge in [-0.1, -0.05) is 7.43 Å². The highest BCUT2D eigenvalue weighted by Gasteiger charge is 2.29. The average molecular weight is 853 g/mol. The Hall–Kier alpha value is -2.59. The van der Waals surface area contributed by atoms with Crippen molar-refractivity contribution < 1.29 is 9.53 Å². The van der Waals surface area contributed by atoms with Crippen LogP contribution in [-0.4, -0.2) is 88.9 Å². The number of aromatic nitrogens is 4. The average Bonchev–Trinajstić information content (AvgIpc) is 3.03. The van der Waals surface area contributed by atoms with Crippen LogP contribution in [0, 0.1) is 7.40 Å². The lowest BCUT2D eigenvalue weighted by Crippen LogP contribution is -2.47. The van der Waals surface area contributed by atoms with E-state index in [4.69, 9.17) is 4.74 Å². The Balaban J connectivity index is 0.000000213. The zero-order valence-corrected chi connectivity index (χ0v) is 30.9. The van der Waals surface area contributed by atoms with E-state index in [9.17, 15) is 4.79 Å². The Kier molecular flexibility index (Phi) is 12.6. The molecule has 10 nitrogen and oxygen atoms in total. The van der Waals surface area contributed by atoms with Gasteiger partial charge >= 0.3 is 6.09 Å². The number of piperidine rings is 2. The summed E-state index contributed by atoms with van der Waals surface area (Å²) < 4.78 is 7.45. The summed E-state index contributed by atoms with van der Waals surface area (Å²) in [4.78, 5) is 36.9. The van der Waals surface area contributed by atoms with Crippen molar-refractivity contribution in [3.05, 3.63) is 56.2 Å². The molecule has 2 saturated heterocycles. The molecule has 6 rings (SSSR count). The molecule has 0 bridgehead atoms. The summed E-state index contributed by atoms with van der Waals surface area (Å²) in [6, 6.07) is 13.1. The van der Waals surface area contributed by atoms with Crippen molar-refractivity contribution in [2.24, 2.45) is 0 Å². The van der Waals surface area contributed by atoms with Gasteiger partial charge in [-0.05, 0) is 135 Å². The van der Waals surface area contributed by atoms with Gasteiger partial charge < -0.3 is 24.8 Å². The van der Waals surface area contributed by atoms with Gasteiger partial charge in [0.15, 0.2) is 0 Å². The molecule has 4 aromatic heterocycles. The zero-order valence-electron chi connectivity index (χ0n) is 26.6. The van der Waals surface area contributed by atoms with Gasteiger partial charge in [0.05, 0.1) is 45.8 Å². The van der Waals surface area contributed by atoms with Crippen molar-refractivity contribution in [3.63, 3.8) is 0 Å². The molecule has 2 aliphatic rings. The summed E-state index contributed by atoms with van der Waals surface area (Å²) in [6.45, 7) is 9.62. The second kappa shape index (κ2) is 16.0. The lowest BCUT2D eigenvalue weighted by atomic mass is 10.0. The number of rotatable bonds is 4. The highest BCUT2D eigenvalue weighted by molar-refractivity contribution is 14.1. The molecule has 2 fully saturated rings. The van der Waals surface area contributed by atoms with Crippen LogP contribution in [0.1, 0.15) is 53.9 Å². The number of halogens is 2. The first kappa shape index (κ1) is 36.2. The monoisotopic (exact) mass is 852 g/mol. The maximum Gasteiger partial charge on any atom is 0.410 e. The van der Waals surface area contributed by atoms with E-state index in [0.29, 0.717) is 6.04 Å². The normalized spacial score (nSPS) is 16.1. The lowest BCUT2D eigenvalue weighted by Gasteiger charge is -2.38. The highest BCUT2D eigenvalue weighted by atomic mass is 127. The number of ether oxygens (including phenoxy) is 1. The Labute approximate surface area is 300 Å². The Morgan fingerprint density at radius 1 is 0.826 bits per heavy atom. The first-order chi connectivity index (χ1) is 21.5. The van der Waals surface area contributed by atoms with Gasteiger partial charge in [-0.3, -0.25) is 9.97 Å². The van der Waals surface area contributed by atoms with E-state index < -0.39 is 5.60 Å². The lowest BCUT2D eigenvalue weighted by molar-refractivity contribution is 0.0201. The molecule has 2 aliphatic heterocycles. The van der Waals surface area contributed by atoms with E-state index in [2.05, 4.69) is 92.4 Å². The largest absolute Gasteiger partial charge is 0.444 e. The number of amides is 1. The molecule has 12 heteroatoms. The Morgan fingerprint density at radius 2 is 1.28 bits per heavy atom. The minimum absolute atomic E-state index is 0. The minimum Gasteiger partial charge on any atom is -0.444 e. The molecule has 248 valence electrons. The fourth-order valence-electron chi connectivity index (χ4n) is 5.71. The molecule has 1 N–H and O–H groups in total. The van der Waals surface area contributed by atoms with E-state index >= 15 is 0 Å². The molecular weight excluding hydrogens is 806 g/mol. The molecule has 6 heterocycles. The molecule has 0 aliphatic carbocycles. The number of carbonyl (C=O) groups is 1. The quantitative estimate of drug-likeness (QED) is 0.170. The SMILES string of the molecule is C.CN(C(=O)OC(C)(C)C)C1CCN(c2cnc3ccc(I)nc3c2)CC1.CNC1CCN(c2cnc3ccc(I)nc3c2)CC1. The summed E-state index contributed by atoms with van der Waals surface area (Å²) in [7, 11) is 3.88. The fourth-order valence-corrected chi connectivity index (χ4v) is 6.59. The number of hydrogen-bond donors (Lipinski definition) is 1. The third-order valence-electron chi connectivity index (χ3n) is 8.31. The third kappa shape index (κ3) is 9.49. The summed E-state index contributed by atoms with van der Waals surface area (Å²) in [5, 5.41) is 3.36. The first-order valence-electron chi connectivity index (χ1n) is 15.5. The molecule has 4 aromatic rings. The van der Waals surface area contributed by atoms with Crippen LogP contribution in [0.25, 0.3) is 22.1 Å². The number of carbonyl (C=O) groups excluding carboxylic acids is 1. The van der Waals surface area contributed by atoms with Gasteiger partial charge in [-0.25, -0.2) is 14.8 Å². The summed E-state index contributed by atoms with van der Waals surface area (Å²) >= 11 is 4.46. The van der Waals surface area contributed by atoms with Gasteiger partial charge in [-0.15, -0.1) is 0 Å². The van der Waals surface area contributed by atoms with E-state index in [-0.39, 0.29) is 19.6 Å². The summed E-state index contributed by atoms with van der Waals surface area (Å²) in [6.07, 6.45) is 7.83. The van der Waals surface area contributed by atoms with Gasteiger partial charge in [0.2, 0.25) is 0 Å². The van der Waals surface area contributed by atoms with Crippen molar-refractivity contribution in [2.75, 3.05) is 50.1 Å². The third-order valence-corrected chi connectivity index (χ3v) is 9.51. The molecule has 0 aromatic carbocycles. The topological polar surface area (TPSA) is 99.6 Å². The molecule has 1 amide bonds. The van der Waals surface area contributed by atoms with Crippen molar-refractivity contribution in [3.8, 4) is 0 Å². The molecule has 46 heavy (non-hydrogen) atoms. The fraction of sp³-hybridized carbons (Fsp3) is 0.500. The van der Waals surface area contributed by atoms with Crippen molar-refractivity contribution in [1.29, 1.82) is 0 Å². The van der Waals surface area contributed by atoms with E-state index in [1.165, 1.54) is 18.5 Å². The number of anilines is 2. The van der Waals surface area contributed by atoms with Gasteiger partial charge in [-0.2, -0.15) is 0 Å². The second-order valence-electron chi connectivity index (χ2n) is 12.6. The van der Waals surface area contributed by atoms with Crippen LogP contribution in [0.5, 0.6) is 0 Å². The van der Waals surface area contributed by atoms with Crippen LogP contribution in [-0.2, 0) is 4.74 Å². The van der Waals surface area contributed by atoms with E-state index in [1.807, 2.05) is 71.5 Å².